The van der Waals surface area contributed by atoms with Crippen molar-refractivity contribution >= 4 is 12.2 Å². The van der Waals surface area contributed by atoms with E-state index in [1.165, 1.54) is 0 Å². The van der Waals surface area contributed by atoms with Crippen LogP contribution in [0.25, 0.3) is 6.08 Å². The number of rotatable bonds is 3. The molecule has 0 radical (unpaired) electrons. The summed E-state index contributed by atoms with van der Waals surface area (Å²) in [5, 5.41) is 2.57. The SMILES string of the molecule is Cc1cccc(C=CCNC(=O)OC(C)(C)C)c1F. The zero-order valence-corrected chi connectivity index (χ0v) is 11.8. The number of hydrogen-bond acceptors (Lipinski definition) is 2. The van der Waals surface area contributed by atoms with Gasteiger partial charge in [-0.25, -0.2) is 9.18 Å². The number of halogens is 1. The highest BCUT2D eigenvalue weighted by atomic mass is 19.1. The Morgan fingerprint density at radius 1 is 1.42 bits per heavy atom. The standard InChI is InChI=1S/C15H20FNO2/c1-11-7-5-8-12(13(11)16)9-6-10-17-14(18)19-15(2,3)4/h5-9H,10H2,1-4H3,(H,17,18). The number of benzene rings is 1. The number of hydrogen-bond donors (Lipinski definition) is 1. The lowest BCUT2D eigenvalue weighted by molar-refractivity contribution is 0.0534. The van der Waals surface area contributed by atoms with E-state index in [4.69, 9.17) is 4.74 Å². The predicted octanol–water partition coefficient (Wildman–Crippen LogP) is 3.67. The third kappa shape index (κ3) is 5.55. The van der Waals surface area contributed by atoms with Crippen LogP contribution in [-0.4, -0.2) is 18.2 Å². The van der Waals surface area contributed by atoms with E-state index in [1.807, 2.05) is 0 Å². The van der Waals surface area contributed by atoms with Crippen LogP contribution in [0.1, 0.15) is 31.9 Å². The summed E-state index contributed by atoms with van der Waals surface area (Å²) in [5.41, 5.74) is 0.587. The van der Waals surface area contributed by atoms with Crippen LogP contribution >= 0.6 is 0 Å². The van der Waals surface area contributed by atoms with Gasteiger partial charge in [0.05, 0.1) is 0 Å². The van der Waals surface area contributed by atoms with Crippen molar-refractivity contribution in [3.8, 4) is 0 Å². The molecule has 0 saturated heterocycles. The van der Waals surface area contributed by atoms with Gasteiger partial charge in [0, 0.05) is 12.1 Å². The fourth-order valence-electron chi connectivity index (χ4n) is 1.44. The molecule has 0 aromatic heterocycles. The summed E-state index contributed by atoms with van der Waals surface area (Å²) in [5.74, 6) is -0.240. The number of carbonyl (C=O) groups is 1. The number of aryl methyl sites for hydroxylation is 1. The maximum absolute atomic E-state index is 13.6. The van der Waals surface area contributed by atoms with Crippen molar-refractivity contribution in [3.05, 3.63) is 41.2 Å². The monoisotopic (exact) mass is 265 g/mol. The Morgan fingerprint density at radius 2 is 2.11 bits per heavy atom. The zero-order chi connectivity index (χ0) is 14.5. The summed E-state index contributed by atoms with van der Waals surface area (Å²) in [6, 6.07) is 5.19. The molecule has 0 atom stereocenters. The summed E-state index contributed by atoms with van der Waals surface area (Å²) in [6.07, 6.45) is 2.84. The molecule has 0 aliphatic heterocycles. The van der Waals surface area contributed by atoms with Gasteiger partial charge in [0.25, 0.3) is 0 Å². The van der Waals surface area contributed by atoms with E-state index in [9.17, 15) is 9.18 Å². The van der Waals surface area contributed by atoms with Crippen molar-refractivity contribution in [2.24, 2.45) is 0 Å². The largest absolute Gasteiger partial charge is 0.444 e. The second kappa shape index (κ2) is 6.36. The van der Waals surface area contributed by atoms with Crippen molar-refractivity contribution in [1.29, 1.82) is 0 Å². The quantitative estimate of drug-likeness (QED) is 0.905. The van der Waals surface area contributed by atoms with Crippen LogP contribution in [0.4, 0.5) is 9.18 Å². The van der Waals surface area contributed by atoms with Crippen LogP contribution < -0.4 is 5.32 Å². The van der Waals surface area contributed by atoms with Crippen molar-refractivity contribution in [2.45, 2.75) is 33.3 Å². The Bertz CT molecular complexity index is 476. The molecule has 0 bridgehead atoms. The van der Waals surface area contributed by atoms with Gasteiger partial charge in [0.1, 0.15) is 11.4 Å². The van der Waals surface area contributed by atoms with Gasteiger partial charge in [0.15, 0.2) is 0 Å². The van der Waals surface area contributed by atoms with Gasteiger partial charge in [0.2, 0.25) is 0 Å². The minimum absolute atomic E-state index is 0.240. The van der Waals surface area contributed by atoms with Gasteiger partial charge < -0.3 is 10.1 Å². The number of carbonyl (C=O) groups excluding carboxylic acids is 1. The highest BCUT2D eigenvalue weighted by Crippen LogP contribution is 2.13. The second-order valence-corrected chi connectivity index (χ2v) is 5.26. The Balaban J connectivity index is 2.47. The molecule has 1 aromatic carbocycles. The lowest BCUT2D eigenvalue weighted by Gasteiger charge is -2.19. The molecule has 0 aliphatic rings. The Morgan fingerprint density at radius 3 is 2.74 bits per heavy atom. The zero-order valence-electron chi connectivity index (χ0n) is 11.8. The molecule has 1 aromatic rings. The Hall–Kier alpha value is -1.84. The van der Waals surface area contributed by atoms with Gasteiger partial charge in [-0.1, -0.05) is 30.4 Å². The molecule has 1 N–H and O–H groups in total. The fraction of sp³-hybridized carbons (Fsp3) is 0.400. The lowest BCUT2D eigenvalue weighted by Crippen LogP contribution is -2.32. The van der Waals surface area contributed by atoms with Crippen molar-refractivity contribution in [2.75, 3.05) is 6.54 Å². The van der Waals surface area contributed by atoms with Crippen LogP contribution in [-0.2, 0) is 4.74 Å². The third-order valence-corrected chi connectivity index (χ3v) is 2.28. The molecular weight excluding hydrogens is 245 g/mol. The van der Waals surface area contributed by atoms with Gasteiger partial charge in [-0.2, -0.15) is 0 Å². The van der Waals surface area contributed by atoms with Gasteiger partial charge in [-0.15, -0.1) is 0 Å². The van der Waals surface area contributed by atoms with Gasteiger partial charge in [-0.05, 0) is 33.3 Å². The maximum Gasteiger partial charge on any atom is 0.407 e. The molecule has 3 nitrogen and oxygen atoms in total. The van der Waals surface area contributed by atoms with E-state index >= 15 is 0 Å². The minimum atomic E-state index is -0.517. The molecule has 104 valence electrons. The van der Waals surface area contributed by atoms with Crippen LogP contribution in [0, 0.1) is 12.7 Å². The number of amides is 1. The fourth-order valence-corrected chi connectivity index (χ4v) is 1.44. The van der Waals surface area contributed by atoms with Gasteiger partial charge >= 0.3 is 6.09 Å². The van der Waals surface area contributed by atoms with E-state index in [0.29, 0.717) is 17.7 Å². The van der Waals surface area contributed by atoms with E-state index in [2.05, 4.69) is 5.32 Å². The van der Waals surface area contributed by atoms with Crippen molar-refractivity contribution in [1.82, 2.24) is 5.32 Å². The van der Waals surface area contributed by atoms with E-state index < -0.39 is 11.7 Å². The summed E-state index contributed by atoms with van der Waals surface area (Å²) >= 11 is 0. The lowest BCUT2D eigenvalue weighted by atomic mass is 10.1. The summed E-state index contributed by atoms with van der Waals surface area (Å²) in [4.78, 5) is 11.3. The first-order valence-electron chi connectivity index (χ1n) is 6.18. The predicted molar refractivity (Wildman–Crippen MR) is 74.4 cm³/mol. The highest BCUT2D eigenvalue weighted by Gasteiger charge is 2.14. The summed E-state index contributed by atoms with van der Waals surface area (Å²) < 4.78 is 18.7. The first-order chi connectivity index (χ1) is 8.79. The van der Waals surface area contributed by atoms with Crippen LogP contribution in [0.3, 0.4) is 0 Å². The molecule has 1 amide bonds. The van der Waals surface area contributed by atoms with E-state index in [0.717, 1.165) is 0 Å². The number of nitrogens with one attached hydrogen (secondary N) is 1. The van der Waals surface area contributed by atoms with Crippen LogP contribution in [0.5, 0.6) is 0 Å². The molecule has 0 unspecified atom stereocenters. The average molecular weight is 265 g/mol. The van der Waals surface area contributed by atoms with E-state index in [1.54, 1.807) is 58.0 Å². The second-order valence-electron chi connectivity index (χ2n) is 5.26. The summed E-state index contributed by atoms with van der Waals surface area (Å²) in [7, 11) is 0. The number of alkyl carbamates (subject to hydrolysis) is 1. The summed E-state index contributed by atoms with van der Waals surface area (Å²) in [6.45, 7) is 7.40. The molecule has 0 fully saturated rings. The first-order valence-corrected chi connectivity index (χ1v) is 6.18. The molecule has 0 saturated carbocycles. The molecule has 19 heavy (non-hydrogen) atoms. The van der Waals surface area contributed by atoms with Crippen molar-refractivity contribution in [3.63, 3.8) is 0 Å². The van der Waals surface area contributed by atoms with Crippen LogP contribution in [0.15, 0.2) is 24.3 Å². The topological polar surface area (TPSA) is 38.3 Å². The highest BCUT2D eigenvalue weighted by molar-refractivity contribution is 5.68. The molecule has 0 heterocycles. The molecule has 4 heteroatoms. The molecule has 0 spiro atoms. The van der Waals surface area contributed by atoms with Crippen LogP contribution in [0.2, 0.25) is 0 Å². The van der Waals surface area contributed by atoms with E-state index in [-0.39, 0.29) is 5.82 Å². The smallest absolute Gasteiger partial charge is 0.407 e. The third-order valence-electron chi connectivity index (χ3n) is 2.28. The molecule has 0 aliphatic carbocycles. The molecule has 1 rings (SSSR count). The maximum atomic E-state index is 13.6. The first kappa shape index (κ1) is 15.2. The van der Waals surface area contributed by atoms with Gasteiger partial charge in [-0.3, -0.25) is 0 Å². The normalized spacial score (nSPS) is 11.6. The number of ether oxygens (including phenoxy) is 1. The minimum Gasteiger partial charge on any atom is -0.444 e. The van der Waals surface area contributed by atoms with Crippen molar-refractivity contribution < 1.29 is 13.9 Å². The average Bonchev–Trinajstić information content (AvgIpc) is 2.27. The Kier molecular flexibility index (Phi) is 5.10. The molecular formula is C15H20FNO2. The Labute approximate surface area is 113 Å².